The summed E-state index contributed by atoms with van der Waals surface area (Å²) >= 11 is 0. The van der Waals surface area contributed by atoms with E-state index in [4.69, 9.17) is 5.73 Å². The number of carbonyl (C=O) groups excluding carboxylic acids is 2. The van der Waals surface area contributed by atoms with E-state index in [2.05, 4.69) is 36.0 Å². The molecule has 1 fully saturated rings. The minimum absolute atomic E-state index is 0. The van der Waals surface area contributed by atoms with Crippen molar-refractivity contribution >= 4 is 24.3 Å². The highest BCUT2D eigenvalue weighted by Crippen LogP contribution is 2.28. The van der Waals surface area contributed by atoms with Crippen LogP contribution in [0, 0.1) is 5.41 Å². The number of nitrogens with one attached hydrogen (secondary N) is 2. The van der Waals surface area contributed by atoms with Gasteiger partial charge in [0.25, 0.3) is 0 Å². The summed E-state index contributed by atoms with van der Waals surface area (Å²) in [6, 6.07) is -0.698. The smallest absolute Gasteiger partial charge is 0.321 e. The number of rotatable bonds is 4. The second kappa shape index (κ2) is 8.36. The molecule has 0 radical (unpaired) electrons. The van der Waals surface area contributed by atoms with Crippen LogP contribution in [0.1, 0.15) is 27.2 Å². The molecule has 6 nitrogen and oxygen atoms in total. The van der Waals surface area contributed by atoms with Gasteiger partial charge < -0.3 is 11.1 Å². The highest BCUT2D eigenvalue weighted by atomic mass is 35.5. The maximum atomic E-state index is 12.0. The average molecular weight is 319 g/mol. The van der Waals surface area contributed by atoms with Gasteiger partial charge in [-0.05, 0) is 18.8 Å². The Morgan fingerprint density at radius 2 is 2.14 bits per heavy atom. The van der Waals surface area contributed by atoms with Gasteiger partial charge in [-0.2, -0.15) is 0 Å². The lowest BCUT2D eigenvalue weighted by molar-refractivity contribution is -0.126. The number of carbonyl (C=O) groups is 2. The van der Waals surface area contributed by atoms with Crippen molar-refractivity contribution in [2.45, 2.75) is 39.3 Å². The Morgan fingerprint density at radius 3 is 2.67 bits per heavy atom. The van der Waals surface area contributed by atoms with Crippen LogP contribution in [0.5, 0.6) is 0 Å². The third kappa shape index (κ3) is 5.65. The predicted molar refractivity (Wildman–Crippen MR) is 86.4 cm³/mol. The molecule has 122 valence electrons. The molecule has 1 aliphatic heterocycles. The summed E-state index contributed by atoms with van der Waals surface area (Å²) < 4.78 is 0. The molecular formula is C14H27ClN4O2. The molecule has 3 amide bonds. The van der Waals surface area contributed by atoms with E-state index in [1.54, 1.807) is 6.08 Å². The van der Waals surface area contributed by atoms with Crippen LogP contribution in [0.15, 0.2) is 12.7 Å². The molecular weight excluding hydrogens is 292 g/mol. The fourth-order valence-corrected chi connectivity index (χ4v) is 2.34. The van der Waals surface area contributed by atoms with Gasteiger partial charge in [-0.1, -0.05) is 19.9 Å². The minimum Gasteiger partial charge on any atom is -0.334 e. The van der Waals surface area contributed by atoms with Crippen molar-refractivity contribution in [1.29, 1.82) is 0 Å². The molecule has 7 heteroatoms. The molecule has 0 saturated carbocycles. The van der Waals surface area contributed by atoms with Gasteiger partial charge in [0.05, 0.1) is 6.04 Å². The number of nitrogens with two attached hydrogens (primary N) is 1. The third-order valence-electron chi connectivity index (χ3n) is 3.91. The molecule has 4 N–H and O–H groups in total. The van der Waals surface area contributed by atoms with Crippen molar-refractivity contribution in [1.82, 2.24) is 15.5 Å². The summed E-state index contributed by atoms with van der Waals surface area (Å²) in [4.78, 5) is 25.6. The molecule has 0 spiro atoms. The minimum atomic E-state index is -0.491. The Labute approximate surface area is 132 Å². The number of imide groups is 1. The highest BCUT2D eigenvalue weighted by molar-refractivity contribution is 5.96. The first-order chi connectivity index (χ1) is 9.27. The van der Waals surface area contributed by atoms with Gasteiger partial charge in [0.15, 0.2) is 0 Å². The standard InChI is InChI=1S/C14H26N4O2.ClH/c1-5-7-16-13(20)17-12(19)10(2)18-8-6-11(15)14(3,4)9-18;/h5,10-11H,1,6-9,15H2,2-4H3,(H2,16,17,19,20);1H. The number of hydrogen-bond acceptors (Lipinski definition) is 4. The molecule has 0 aromatic heterocycles. The summed E-state index contributed by atoms with van der Waals surface area (Å²) in [5, 5.41) is 4.86. The Balaban J connectivity index is 0.00000400. The molecule has 1 heterocycles. The van der Waals surface area contributed by atoms with Crippen LogP contribution in [-0.4, -0.2) is 48.6 Å². The van der Waals surface area contributed by atoms with Crippen molar-refractivity contribution in [3.8, 4) is 0 Å². The predicted octanol–water partition coefficient (Wildman–Crippen LogP) is 0.868. The normalized spacial score (nSPS) is 22.6. The SMILES string of the molecule is C=CCNC(=O)NC(=O)C(C)N1CCC(N)C(C)(C)C1.Cl. The number of likely N-dealkylation sites (tertiary alicyclic amines) is 1. The fraction of sp³-hybridized carbons (Fsp3) is 0.714. The van der Waals surface area contributed by atoms with E-state index in [0.29, 0.717) is 6.54 Å². The quantitative estimate of drug-likeness (QED) is 0.671. The van der Waals surface area contributed by atoms with Crippen LogP contribution in [0.4, 0.5) is 4.79 Å². The molecule has 2 unspecified atom stereocenters. The largest absolute Gasteiger partial charge is 0.334 e. The monoisotopic (exact) mass is 318 g/mol. The summed E-state index contributed by atoms with van der Waals surface area (Å²) in [5.74, 6) is -0.294. The topological polar surface area (TPSA) is 87.5 Å². The Hall–Kier alpha value is -1.11. The number of urea groups is 1. The van der Waals surface area contributed by atoms with Crippen LogP contribution in [-0.2, 0) is 4.79 Å². The lowest BCUT2D eigenvalue weighted by Gasteiger charge is -2.44. The molecule has 0 aromatic rings. The maximum absolute atomic E-state index is 12.0. The van der Waals surface area contributed by atoms with Crippen molar-refractivity contribution in [2.24, 2.45) is 11.1 Å². The summed E-state index contributed by atoms with van der Waals surface area (Å²) in [7, 11) is 0. The molecule has 0 aromatic carbocycles. The third-order valence-corrected chi connectivity index (χ3v) is 3.91. The van der Waals surface area contributed by atoms with E-state index in [-0.39, 0.29) is 35.8 Å². The molecule has 2 atom stereocenters. The molecule has 1 saturated heterocycles. The first kappa shape index (κ1) is 19.9. The van der Waals surface area contributed by atoms with Crippen LogP contribution in [0.3, 0.4) is 0 Å². The molecule has 0 aliphatic carbocycles. The lowest BCUT2D eigenvalue weighted by atomic mass is 9.79. The highest BCUT2D eigenvalue weighted by Gasteiger charge is 2.36. The van der Waals surface area contributed by atoms with E-state index in [1.165, 1.54) is 0 Å². The van der Waals surface area contributed by atoms with Crippen molar-refractivity contribution in [2.75, 3.05) is 19.6 Å². The summed E-state index contributed by atoms with van der Waals surface area (Å²) in [6.07, 6.45) is 2.41. The fourth-order valence-electron chi connectivity index (χ4n) is 2.34. The zero-order chi connectivity index (χ0) is 15.3. The van der Waals surface area contributed by atoms with Crippen LogP contribution >= 0.6 is 12.4 Å². The van der Waals surface area contributed by atoms with Crippen LogP contribution in [0.25, 0.3) is 0 Å². The van der Waals surface area contributed by atoms with Gasteiger partial charge in [-0.15, -0.1) is 19.0 Å². The number of hydrogen-bond donors (Lipinski definition) is 3. The molecule has 21 heavy (non-hydrogen) atoms. The summed E-state index contributed by atoms with van der Waals surface area (Å²) in [6.45, 7) is 11.4. The number of halogens is 1. The molecule has 1 rings (SSSR count). The molecule has 0 bridgehead atoms. The summed E-state index contributed by atoms with van der Waals surface area (Å²) in [5.41, 5.74) is 6.06. The van der Waals surface area contributed by atoms with Crippen LogP contribution < -0.4 is 16.4 Å². The van der Waals surface area contributed by atoms with E-state index in [9.17, 15) is 9.59 Å². The van der Waals surface area contributed by atoms with Gasteiger partial charge in [-0.25, -0.2) is 4.79 Å². The van der Waals surface area contributed by atoms with Crippen molar-refractivity contribution in [3.05, 3.63) is 12.7 Å². The van der Waals surface area contributed by atoms with Gasteiger partial charge in [0.1, 0.15) is 0 Å². The van der Waals surface area contributed by atoms with E-state index in [1.807, 2.05) is 6.92 Å². The average Bonchev–Trinajstić information content (AvgIpc) is 2.38. The Bertz CT molecular complexity index is 387. The number of piperidine rings is 1. The Morgan fingerprint density at radius 1 is 1.52 bits per heavy atom. The van der Waals surface area contributed by atoms with Crippen LogP contribution in [0.2, 0.25) is 0 Å². The first-order valence-corrected chi connectivity index (χ1v) is 6.97. The zero-order valence-corrected chi connectivity index (χ0v) is 13.8. The van der Waals surface area contributed by atoms with E-state index in [0.717, 1.165) is 19.5 Å². The van der Waals surface area contributed by atoms with Gasteiger partial charge in [0, 0.05) is 25.7 Å². The van der Waals surface area contributed by atoms with Crippen molar-refractivity contribution < 1.29 is 9.59 Å². The Kier molecular flexibility index (Phi) is 7.92. The van der Waals surface area contributed by atoms with Gasteiger partial charge >= 0.3 is 6.03 Å². The van der Waals surface area contributed by atoms with E-state index >= 15 is 0 Å². The number of nitrogens with zero attached hydrogens (tertiary/aromatic N) is 1. The first-order valence-electron chi connectivity index (χ1n) is 6.97. The lowest BCUT2D eigenvalue weighted by Crippen LogP contribution is -2.58. The van der Waals surface area contributed by atoms with Crippen molar-refractivity contribution in [3.63, 3.8) is 0 Å². The van der Waals surface area contributed by atoms with E-state index < -0.39 is 6.03 Å². The maximum Gasteiger partial charge on any atom is 0.321 e. The zero-order valence-electron chi connectivity index (χ0n) is 13.0. The van der Waals surface area contributed by atoms with Gasteiger partial charge in [0.2, 0.25) is 5.91 Å². The molecule has 1 aliphatic rings. The second-order valence-electron chi connectivity index (χ2n) is 6.02. The van der Waals surface area contributed by atoms with Gasteiger partial charge in [-0.3, -0.25) is 15.0 Å². The second-order valence-corrected chi connectivity index (χ2v) is 6.02. The number of amides is 3.